The van der Waals surface area contributed by atoms with Crippen molar-refractivity contribution in [2.75, 3.05) is 13.1 Å². The van der Waals surface area contributed by atoms with Crippen LogP contribution in [0, 0.1) is 18.6 Å². The summed E-state index contributed by atoms with van der Waals surface area (Å²) < 4.78 is 54.9. The van der Waals surface area contributed by atoms with Gasteiger partial charge in [0.2, 0.25) is 10.0 Å². The minimum absolute atomic E-state index is 0.0624. The van der Waals surface area contributed by atoms with E-state index < -0.39 is 33.5 Å². The van der Waals surface area contributed by atoms with E-state index in [1.54, 1.807) is 13.0 Å². The molecule has 178 valence electrons. The molecule has 0 radical (unpaired) electrons. The molecule has 3 rings (SSSR count). The molecule has 2 aromatic rings. The maximum absolute atomic E-state index is 13.6. The predicted molar refractivity (Wildman–Crippen MR) is 119 cm³/mol. The Morgan fingerprint density at radius 3 is 2.52 bits per heavy atom. The van der Waals surface area contributed by atoms with Crippen molar-refractivity contribution < 1.29 is 26.8 Å². The fraction of sp³-hybridized carbons (Fsp3) is 0.391. The predicted octanol–water partition coefficient (Wildman–Crippen LogP) is 2.64. The zero-order valence-corrected chi connectivity index (χ0v) is 19.1. The van der Waals surface area contributed by atoms with E-state index in [4.69, 9.17) is 0 Å². The molecule has 1 atom stereocenters. The van der Waals surface area contributed by atoms with Gasteiger partial charge < -0.3 is 10.6 Å². The summed E-state index contributed by atoms with van der Waals surface area (Å²) >= 11 is 0. The molecule has 1 saturated heterocycles. The second-order valence-corrected chi connectivity index (χ2v) is 9.85. The zero-order valence-electron chi connectivity index (χ0n) is 18.3. The number of nitrogens with zero attached hydrogens (tertiary/aromatic N) is 1. The van der Waals surface area contributed by atoms with Gasteiger partial charge in [-0.05, 0) is 56.0 Å². The number of carbonyl (C=O) groups excluding carboxylic acids is 2. The second-order valence-electron chi connectivity index (χ2n) is 7.99. The smallest absolute Gasteiger partial charge is 0.309 e. The van der Waals surface area contributed by atoms with Crippen molar-refractivity contribution in [1.82, 2.24) is 14.9 Å². The molecule has 2 aromatic carbocycles. The number of amides is 2. The van der Waals surface area contributed by atoms with Crippen LogP contribution in [-0.2, 0) is 26.2 Å². The lowest BCUT2D eigenvalue weighted by Crippen LogP contribution is -2.46. The van der Waals surface area contributed by atoms with Crippen LogP contribution in [0.25, 0.3) is 0 Å². The monoisotopic (exact) mass is 479 g/mol. The van der Waals surface area contributed by atoms with Gasteiger partial charge in [-0.3, -0.25) is 9.59 Å². The number of halogens is 2. The highest BCUT2D eigenvalue weighted by Gasteiger charge is 2.34. The first-order valence-electron chi connectivity index (χ1n) is 10.8. The van der Waals surface area contributed by atoms with Gasteiger partial charge in [-0.15, -0.1) is 0 Å². The molecule has 10 heteroatoms. The molecule has 0 spiro atoms. The summed E-state index contributed by atoms with van der Waals surface area (Å²) in [6, 6.07) is 9.16. The van der Waals surface area contributed by atoms with E-state index in [-0.39, 0.29) is 29.6 Å². The number of carbonyl (C=O) groups is 2. The van der Waals surface area contributed by atoms with Crippen molar-refractivity contribution in [3.8, 4) is 0 Å². The van der Waals surface area contributed by atoms with Gasteiger partial charge in [0.15, 0.2) is 0 Å². The zero-order chi connectivity index (χ0) is 24.0. The van der Waals surface area contributed by atoms with Gasteiger partial charge in [0.25, 0.3) is 0 Å². The molecule has 0 aromatic heterocycles. The van der Waals surface area contributed by atoms with Crippen LogP contribution in [0.1, 0.15) is 36.8 Å². The normalized spacial score (nSPS) is 16.9. The maximum atomic E-state index is 13.6. The Morgan fingerprint density at radius 1 is 1.06 bits per heavy atom. The maximum Gasteiger partial charge on any atom is 0.309 e. The number of nitrogens with one attached hydrogen (secondary N) is 2. The summed E-state index contributed by atoms with van der Waals surface area (Å²) in [5.41, 5.74) is 0.594. The summed E-state index contributed by atoms with van der Waals surface area (Å²) in [5, 5.41) is 4.86. The van der Waals surface area contributed by atoms with Crippen LogP contribution >= 0.6 is 0 Å². The third kappa shape index (κ3) is 6.14. The number of aryl methyl sites for hydroxylation is 1. The number of rotatable bonds is 7. The Labute approximate surface area is 192 Å². The Hall–Kier alpha value is -2.85. The van der Waals surface area contributed by atoms with E-state index in [1.165, 1.54) is 34.6 Å². The van der Waals surface area contributed by atoms with Gasteiger partial charge in [-0.25, -0.2) is 17.2 Å². The SMILES string of the molecule is Cc1cc(F)ccc1S(=O)(=O)N1CCCCC1CCNC(=O)C(=O)NCc1ccccc1F. The number of hydrogen-bond donors (Lipinski definition) is 2. The minimum atomic E-state index is -3.83. The first-order valence-corrected chi connectivity index (χ1v) is 12.2. The average Bonchev–Trinajstić information content (AvgIpc) is 2.78. The van der Waals surface area contributed by atoms with Crippen molar-refractivity contribution in [2.45, 2.75) is 50.1 Å². The van der Waals surface area contributed by atoms with E-state index in [1.807, 2.05) is 0 Å². The Morgan fingerprint density at radius 2 is 1.79 bits per heavy atom. The number of hydrogen-bond acceptors (Lipinski definition) is 4. The van der Waals surface area contributed by atoms with Gasteiger partial charge in [0, 0.05) is 31.2 Å². The van der Waals surface area contributed by atoms with E-state index in [0.29, 0.717) is 31.4 Å². The summed E-state index contributed by atoms with van der Waals surface area (Å²) in [7, 11) is -3.83. The lowest BCUT2D eigenvalue weighted by atomic mass is 10.0. The molecule has 0 bridgehead atoms. The highest BCUT2D eigenvalue weighted by atomic mass is 32.2. The first-order chi connectivity index (χ1) is 15.7. The molecule has 1 aliphatic rings. The molecule has 1 fully saturated rings. The van der Waals surface area contributed by atoms with Crippen LogP contribution in [-0.4, -0.2) is 43.7 Å². The van der Waals surface area contributed by atoms with Crippen molar-refractivity contribution in [2.24, 2.45) is 0 Å². The van der Waals surface area contributed by atoms with Crippen molar-refractivity contribution in [1.29, 1.82) is 0 Å². The van der Waals surface area contributed by atoms with Crippen LogP contribution in [0.5, 0.6) is 0 Å². The van der Waals surface area contributed by atoms with Gasteiger partial charge in [-0.1, -0.05) is 24.6 Å². The Bertz CT molecular complexity index is 1120. The van der Waals surface area contributed by atoms with Crippen LogP contribution < -0.4 is 10.6 Å². The van der Waals surface area contributed by atoms with Crippen molar-refractivity contribution >= 4 is 21.8 Å². The van der Waals surface area contributed by atoms with Crippen molar-refractivity contribution in [3.63, 3.8) is 0 Å². The molecule has 1 heterocycles. The Balaban J connectivity index is 1.56. The second kappa shape index (κ2) is 10.8. The third-order valence-corrected chi connectivity index (χ3v) is 7.78. The molecule has 1 unspecified atom stereocenters. The van der Waals surface area contributed by atoms with Crippen LogP contribution in [0.15, 0.2) is 47.4 Å². The van der Waals surface area contributed by atoms with E-state index in [0.717, 1.165) is 12.5 Å². The van der Waals surface area contributed by atoms with Crippen LogP contribution in [0.4, 0.5) is 8.78 Å². The highest BCUT2D eigenvalue weighted by Crippen LogP contribution is 2.28. The molecule has 0 saturated carbocycles. The van der Waals surface area contributed by atoms with Gasteiger partial charge in [0.1, 0.15) is 11.6 Å². The number of piperidine rings is 1. The molecule has 2 amide bonds. The molecule has 33 heavy (non-hydrogen) atoms. The molecular weight excluding hydrogens is 452 g/mol. The van der Waals surface area contributed by atoms with Crippen molar-refractivity contribution in [3.05, 3.63) is 65.2 Å². The summed E-state index contributed by atoms with van der Waals surface area (Å²) in [6.45, 7) is 1.87. The lowest BCUT2D eigenvalue weighted by molar-refractivity contribution is -0.139. The van der Waals surface area contributed by atoms with Gasteiger partial charge >= 0.3 is 11.8 Å². The average molecular weight is 480 g/mol. The largest absolute Gasteiger partial charge is 0.348 e. The summed E-state index contributed by atoms with van der Waals surface area (Å²) in [4.78, 5) is 24.1. The van der Waals surface area contributed by atoms with Gasteiger partial charge in [0.05, 0.1) is 4.90 Å². The fourth-order valence-electron chi connectivity index (χ4n) is 3.94. The quantitative estimate of drug-likeness (QED) is 0.597. The third-order valence-electron chi connectivity index (χ3n) is 5.66. The molecule has 7 nitrogen and oxygen atoms in total. The lowest BCUT2D eigenvalue weighted by Gasteiger charge is -2.35. The Kier molecular flexibility index (Phi) is 8.15. The number of sulfonamides is 1. The van der Waals surface area contributed by atoms with E-state index in [2.05, 4.69) is 10.6 Å². The topological polar surface area (TPSA) is 95.6 Å². The number of benzene rings is 2. The van der Waals surface area contributed by atoms with Gasteiger partial charge in [-0.2, -0.15) is 4.31 Å². The molecular formula is C23H27F2N3O4S. The standard InChI is InChI=1S/C23H27F2N3O4S/c1-16-14-18(24)9-10-21(16)33(31,32)28-13-5-4-7-19(28)11-12-26-22(29)23(30)27-15-17-6-2-3-8-20(17)25/h2-3,6,8-10,14,19H,4-5,7,11-13,15H2,1H3,(H,26,29)(H,27,30). The van der Waals surface area contributed by atoms with E-state index >= 15 is 0 Å². The summed E-state index contributed by atoms with van der Waals surface area (Å²) in [5.74, 6) is -2.75. The molecule has 2 N–H and O–H groups in total. The van der Waals surface area contributed by atoms with Crippen LogP contribution in [0.2, 0.25) is 0 Å². The fourth-order valence-corrected chi connectivity index (χ4v) is 5.87. The van der Waals surface area contributed by atoms with E-state index in [9.17, 15) is 26.8 Å². The van der Waals surface area contributed by atoms with Crippen LogP contribution in [0.3, 0.4) is 0 Å². The first kappa shape index (κ1) is 24.8. The minimum Gasteiger partial charge on any atom is -0.348 e. The summed E-state index contributed by atoms with van der Waals surface area (Å²) in [6.07, 6.45) is 2.50. The molecule has 1 aliphatic heterocycles. The highest BCUT2D eigenvalue weighted by molar-refractivity contribution is 7.89. The molecule has 0 aliphatic carbocycles.